The fraction of sp³-hybridized carbons (Fsp3) is 0.0588. The highest BCUT2D eigenvalue weighted by Crippen LogP contribution is 2.27. The van der Waals surface area contributed by atoms with Crippen LogP contribution in [-0.4, -0.2) is 9.97 Å². The van der Waals surface area contributed by atoms with E-state index in [1.807, 2.05) is 42.5 Å². The summed E-state index contributed by atoms with van der Waals surface area (Å²) in [6.45, 7) is 0.176. The topological polar surface area (TPSA) is 68.1 Å². The molecule has 0 aliphatic rings. The molecule has 1 N–H and O–H groups in total. The third kappa shape index (κ3) is 2.61. The van der Waals surface area contributed by atoms with Gasteiger partial charge >= 0.3 is 0 Å². The molecule has 2 aromatic heterocycles. The van der Waals surface area contributed by atoms with Gasteiger partial charge < -0.3 is 14.1 Å². The number of benzene rings is 2. The number of furan rings is 1. The quantitative estimate of drug-likeness (QED) is 0.591. The molecule has 0 saturated carbocycles. The second-order valence-corrected chi connectivity index (χ2v) is 5.95. The summed E-state index contributed by atoms with van der Waals surface area (Å²) in [7, 11) is 0. The molecule has 4 aromatic rings. The van der Waals surface area contributed by atoms with Crippen LogP contribution >= 0.6 is 15.9 Å². The number of fused-ring (bicyclic) bond motifs is 3. The summed E-state index contributed by atoms with van der Waals surface area (Å²) < 4.78 is 12.1. The lowest BCUT2D eigenvalue weighted by atomic mass is 10.2. The van der Waals surface area contributed by atoms with E-state index in [1.165, 1.54) is 0 Å². The molecule has 0 radical (unpaired) electrons. The number of nitrogens with zero attached hydrogens (tertiary/aromatic N) is 1. The molecule has 4 rings (SSSR count). The van der Waals surface area contributed by atoms with Crippen molar-refractivity contribution in [2.45, 2.75) is 6.61 Å². The van der Waals surface area contributed by atoms with Crippen molar-refractivity contribution < 1.29 is 9.15 Å². The second-order valence-electron chi connectivity index (χ2n) is 5.03. The largest absolute Gasteiger partial charge is 0.486 e. The molecule has 0 aliphatic heterocycles. The minimum absolute atomic E-state index is 0.176. The second kappa shape index (κ2) is 5.55. The third-order valence-electron chi connectivity index (χ3n) is 3.45. The fourth-order valence-corrected chi connectivity index (χ4v) is 2.77. The maximum absolute atomic E-state index is 12.2. The minimum atomic E-state index is -0.311. The molecule has 0 fully saturated rings. The number of hydrogen-bond acceptors (Lipinski definition) is 4. The van der Waals surface area contributed by atoms with E-state index in [1.54, 1.807) is 6.07 Å². The number of H-pyrrole nitrogens is 1. The minimum Gasteiger partial charge on any atom is -0.486 e. The van der Waals surface area contributed by atoms with Gasteiger partial charge in [-0.2, -0.15) is 0 Å². The summed E-state index contributed by atoms with van der Waals surface area (Å²) in [5.74, 6) is 1.17. The van der Waals surface area contributed by atoms with Crippen LogP contribution in [0.15, 0.2) is 62.2 Å². The zero-order chi connectivity index (χ0) is 15.8. The summed E-state index contributed by atoms with van der Waals surface area (Å²) in [4.78, 5) is 19.4. The fourth-order valence-electron chi connectivity index (χ4n) is 2.41. The number of hydrogen-bond donors (Lipinski definition) is 1. The smallest absolute Gasteiger partial charge is 0.294 e. The van der Waals surface area contributed by atoms with E-state index in [2.05, 4.69) is 25.9 Å². The molecule has 0 amide bonds. The maximum atomic E-state index is 12.2. The number of ether oxygens (including phenoxy) is 1. The van der Waals surface area contributed by atoms with Gasteiger partial charge in [0.2, 0.25) is 5.58 Å². The van der Waals surface area contributed by atoms with Gasteiger partial charge in [0.05, 0.1) is 0 Å². The van der Waals surface area contributed by atoms with Crippen LogP contribution < -0.4 is 10.3 Å². The van der Waals surface area contributed by atoms with Crippen molar-refractivity contribution in [2.24, 2.45) is 0 Å². The first-order valence-electron chi connectivity index (χ1n) is 6.99. The molecule has 0 bridgehead atoms. The van der Waals surface area contributed by atoms with E-state index in [0.717, 1.165) is 15.6 Å². The lowest BCUT2D eigenvalue weighted by Gasteiger charge is -2.04. The first-order chi connectivity index (χ1) is 11.2. The normalized spacial score (nSPS) is 11.2. The predicted octanol–water partition coefficient (Wildman–Crippen LogP) is 4.01. The van der Waals surface area contributed by atoms with Crippen molar-refractivity contribution in [3.05, 3.63) is 69.2 Å². The Kier molecular flexibility index (Phi) is 3.38. The molecular formula is C17H11BrN2O3. The third-order valence-corrected chi connectivity index (χ3v) is 3.95. The van der Waals surface area contributed by atoms with Gasteiger partial charge in [-0.05, 0) is 30.3 Å². The first kappa shape index (κ1) is 14.0. The molecule has 2 aromatic carbocycles. The zero-order valence-electron chi connectivity index (χ0n) is 11.9. The van der Waals surface area contributed by atoms with Gasteiger partial charge in [0.25, 0.3) is 5.56 Å². The number of halogens is 1. The monoisotopic (exact) mass is 370 g/mol. The number of aromatic amines is 1. The van der Waals surface area contributed by atoms with Crippen LogP contribution in [0, 0.1) is 0 Å². The van der Waals surface area contributed by atoms with E-state index in [9.17, 15) is 4.79 Å². The number of para-hydroxylation sites is 1. The van der Waals surface area contributed by atoms with Gasteiger partial charge in [0.1, 0.15) is 29.3 Å². The van der Waals surface area contributed by atoms with Crippen LogP contribution in [0.3, 0.4) is 0 Å². The molecule has 6 heteroatoms. The molecule has 0 aliphatic carbocycles. The van der Waals surface area contributed by atoms with Crippen LogP contribution in [0.1, 0.15) is 5.82 Å². The molecule has 23 heavy (non-hydrogen) atoms. The first-order valence-corrected chi connectivity index (χ1v) is 7.79. The lowest BCUT2D eigenvalue weighted by molar-refractivity contribution is 0.296. The molecule has 2 heterocycles. The molecule has 0 saturated heterocycles. The van der Waals surface area contributed by atoms with Crippen LogP contribution in [0.2, 0.25) is 0 Å². The van der Waals surface area contributed by atoms with Crippen LogP contribution in [-0.2, 0) is 6.61 Å². The Hall–Kier alpha value is -2.60. The SMILES string of the molecule is O=c1[nH]c(COc2ccccc2)nc2c1oc1ccc(Br)cc12. The average molecular weight is 371 g/mol. The Morgan fingerprint density at radius 1 is 1.17 bits per heavy atom. The maximum Gasteiger partial charge on any atom is 0.294 e. The molecule has 5 nitrogen and oxygen atoms in total. The summed E-state index contributed by atoms with van der Waals surface area (Å²) >= 11 is 3.42. The van der Waals surface area contributed by atoms with E-state index < -0.39 is 0 Å². The molecule has 114 valence electrons. The van der Waals surface area contributed by atoms with Crippen LogP contribution in [0.5, 0.6) is 5.75 Å². The lowest BCUT2D eigenvalue weighted by Crippen LogP contribution is -2.12. The molecular weight excluding hydrogens is 360 g/mol. The van der Waals surface area contributed by atoms with Crippen molar-refractivity contribution in [2.75, 3.05) is 0 Å². The van der Waals surface area contributed by atoms with Crippen molar-refractivity contribution in [3.8, 4) is 5.75 Å². The number of aromatic nitrogens is 2. The number of nitrogens with one attached hydrogen (secondary N) is 1. The molecule has 0 unspecified atom stereocenters. The highest BCUT2D eigenvalue weighted by Gasteiger charge is 2.13. The van der Waals surface area contributed by atoms with Gasteiger partial charge in [-0.15, -0.1) is 0 Å². The van der Waals surface area contributed by atoms with Gasteiger partial charge in [0.15, 0.2) is 0 Å². The van der Waals surface area contributed by atoms with Crippen LogP contribution in [0.4, 0.5) is 0 Å². The van der Waals surface area contributed by atoms with E-state index in [4.69, 9.17) is 9.15 Å². The highest BCUT2D eigenvalue weighted by atomic mass is 79.9. The van der Waals surface area contributed by atoms with Crippen molar-refractivity contribution in [1.29, 1.82) is 0 Å². The van der Waals surface area contributed by atoms with Crippen molar-refractivity contribution in [3.63, 3.8) is 0 Å². The zero-order valence-corrected chi connectivity index (χ0v) is 13.5. The van der Waals surface area contributed by atoms with Gasteiger partial charge in [-0.1, -0.05) is 34.1 Å². The Morgan fingerprint density at radius 3 is 2.83 bits per heavy atom. The van der Waals surface area contributed by atoms with Crippen molar-refractivity contribution >= 4 is 38.0 Å². The predicted molar refractivity (Wildman–Crippen MR) is 90.6 cm³/mol. The Labute approximate surface area is 139 Å². The van der Waals surface area contributed by atoms with E-state index >= 15 is 0 Å². The highest BCUT2D eigenvalue weighted by molar-refractivity contribution is 9.10. The van der Waals surface area contributed by atoms with Crippen molar-refractivity contribution in [1.82, 2.24) is 9.97 Å². The van der Waals surface area contributed by atoms with Gasteiger partial charge in [-0.25, -0.2) is 4.98 Å². The van der Waals surface area contributed by atoms with Crippen LogP contribution in [0.25, 0.3) is 22.1 Å². The van der Waals surface area contributed by atoms with E-state index in [-0.39, 0.29) is 17.7 Å². The number of rotatable bonds is 3. The Bertz CT molecular complexity index is 1050. The Balaban J connectivity index is 1.77. The molecule has 0 atom stereocenters. The standard InChI is InChI=1S/C17H11BrN2O3/c18-10-6-7-13-12(8-10)15-16(23-13)17(21)20-14(19-15)9-22-11-4-2-1-3-5-11/h1-8H,9H2,(H,19,20,21). The summed E-state index contributed by atoms with van der Waals surface area (Å²) in [5.41, 5.74) is 1.08. The van der Waals surface area contributed by atoms with Gasteiger partial charge in [-0.3, -0.25) is 4.79 Å². The summed E-state index contributed by atoms with van der Waals surface area (Å²) in [5, 5.41) is 0.793. The van der Waals surface area contributed by atoms with E-state index in [0.29, 0.717) is 16.9 Å². The van der Waals surface area contributed by atoms with Gasteiger partial charge in [0, 0.05) is 9.86 Å². The summed E-state index contributed by atoms with van der Waals surface area (Å²) in [6.07, 6.45) is 0. The average Bonchev–Trinajstić information content (AvgIpc) is 2.93. The molecule has 0 spiro atoms. The Morgan fingerprint density at radius 2 is 2.00 bits per heavy atom. The summed E-state index contributed by atoms with van der Waals surface area (Å²) in [6, 6.07) is 14.9.